The second kappa shape index (κ2) is 75.9. The molecule has 0 saturated heterocycles. The summed E-state index contributed by atoms with van der Waals surface area (Å²) >= 11 is 0. The Bertz CT molecular complexity index is 1950. The molecule has 0 rings (SSSR count). The SMILES string of the molecule is CCCCCCCCCCCCCCCCCCCCCCCC(=O)O[C@H](COC(=O)CCCCCCCCCCCCCCCCCCC)COP(=O)(O)OC[C@@H](O)COP(=O)(O)OC[C@@H](COC(=O)CCCCCCCCCCCC)OC(=O)CCCCCCCCCCCCC(C)CC. The van der Waals surface area contributed by atoms with Crippen LogP contribution in [0.4, 0.5) is 0 Å². The smallest absolute Gasteiger partial charge is 0.462 e. The Balaban J connectivity index is 5.22. The molecule has 19 heteroatoms. The molecule has 0 radical (unpaired) electrons. The predicted molar refractivity (Wildman–Crippen MR) is 418 cm³/mol. The predicted octanol–water partition coefficient (Wildman–Crippen LogP) is 25.2. The van der Waals surface area contributed by atoms with Gasteiger partial charge in [0.1, 0.15) is 19.3 Å². The van der Waals surface area contributed by atoms with Crippen molar-refractivity contribution in [1.82, 2.24) is 0 Å². The molecule has 3 unspecified atom stereocenters. The molecule has 0 aromatic carbocycles. The highest BCUT2D eigenvalue weighted by Crippen LogP contribution is 2.45. The maximum atomic E-state index is 13.1. The van der Waals surface area contributed by atoms with Gasteiger partial charge in [0.25, 0.3) is 0 Å². The van der Waals surface area contributed by atoms with Gasteiger partial charge in [0, 0.05) is 25.7 Å². The summed E-state index contributed by atoms with van der Waals surface area (Å²) in [6.45, 7) is 7.36. The monoisotopic (exact) mass is 1490 g/mol. The molecule has 0 fully saturated rings. The minimum atomic E-state index is -4.96. The number of esters is 4. The van der Waals surface area contributed by atoms with Crippen molar-refractivity contribution in [3.05, 3.63) is 0 Å². The van der Waals surface area contributed by atoms with Crippen molar-refractivity contribution >= 4 is 39.5 Å². The zero-order chi connectivity index (χ0) is 74.8. The average molecular weight is 1490 g/mol. The Labute approximate surface area is 626 Å². The summed E-state index contributed by atoms with van der Waals surface area (Å²) in [7, 11) is -9.92. The van der Waals surface area contributed by atoms with Crippen LogP contribution in [0.15, 0.2) is 0 Å². The van der Waals surface area contributed by atoms with Crippen LogP contribution in [0.1, 0.15) is 446 Å². The number of unbranched alkanes of at least 4 members (excludes halogenated alkanes) is 54. The first-order valence-electron chi connectivity index (χ1n) is 43.2. The minimum absolute atomic E-state index is 0.107. The molecule has 0 heterocycles. The van der Waals surface area contributed by atoms with Crippen LogP contribution in [0.2, 0.25) is 0 Å². The van der Waals surface area contributed by atoms with Crippen molar-refractivity contribution < 1.29 is 80.2 Å². The molecule has 0 spiro atoms. The molecule has 606 valence electrons. The lowest BCUT2D eigenvalue weighted by Crippen LogP contribution is -2.30. The summed E-state index contributed by atoms with van der Waals surface area (Å²) in [4.78, 5) is 73.1. The Morgan fingerprint density at radius 3 is 0.696 bits per heavy atom. The van der Waals surface area contributed by atoms with Gasteiger partial charge in [-0.2, -0.15) is 0 Å². The first kappa shape index (κ1) is 100. The highest BCUT2D eigenvalue weighted by atomic mass is 31.2. The van der Waals surface area contributed by atoms with Crippen LogP contribution in [0.5, 0.6) is 0 Å². The number of carbonyl (C=O) groups excluding carboxylic acids is 4. The summed E-state index contributed by atoms with van der Waals surface area (Å²) in [6.07, 6.45) is 68.0. The van der Waals surface area contributed by atoms with Gasteiger partial charge in [-0.1, -0.05) is 394 Å². The van der Waals surface area contributed by atoms with E-state index in [4.69, 9.17) is 37.0 Å². The standard InChI is InChI=1S/C83H162O17P2/c1-6-10-13-16-19-22-25-27-29-31-32-33-34-36-38-40-42-48-53-58-63-68-82(87)99-79(73-94-81(86)67-62-57-52-47-41-39-37-35-30-28-26-23-20-17-14-11-7-2)75-98-102(91,92)96-71-77(84)70-95-101(89,90)97-74-78(72-93-80(85)66-61-56-51-46-24-21-18-15-12-8-3)100-83(88)69-64-59-54-49-44-43-45-50-55-60-65-76(5)9-4/h76-79,84H,6-75H2,1-5H3,(H,89,90)(H,91,92)/t76?,77-,78+,79+/m0/s1. The van der Waals surface area contributed by atoms with Crippen LogP contribution in [-0.4, -0.2) is 96.7 Å². The van der Waals surface area contributed by atoms with E-state index in [1.54, 1.807) is 0 Å². The molecule has 0 saturated carbocycles. The fraction of sp³-hybridized carbons (Fsp3) is 0.952. The molecule has 0 aliphatic heterocycles. The molecule has 0 aromatic heterocycles. The largest absolute Gasteiger partial charge is 0.472 e. The highest BCUT2D eigenvalue weighted by molar-refractivity contribution is 7.47. The number of hydrogen-bond acceptors (Lipinski definition) is 15. The summed E-state index contributed by atoms with van der Waals surface area (Å²) in [6, 6.07) is 0. The van der Waals surface area contributed by atoms with Crippen LogP contribution in [0.25, 0.3) is 0 Å². The fourth-order valence-corrected chi connectivity index (χ4v) is 14.5. The van der Waals surface area contributed by atoms with E-state index in [-0.39, 0.29) is 25.7 Å². The molecule has 0 aromatic rings. The second-order valence-electron chi connectivity index (χ2n) is 30.1. The van der Waals surface area contributed by atoms with Crippen LogP contribution in [0.3, 0.4) is 0 Å². The lowest BCUT2D eigenvalue weighted by Gasteiger charge is -2.21. The van der Waals surface area contributed by atoms with Gasteiger partial charge in [0.2, 0.25) is 0 Å². The van der Waals surface area contributed by atoms with E-state index < -0.39 is 97.5 Å². The molecule has 102 heavy (non-hydrogen) atoms. The Kier molecular flexibility index (Phi) is 74.4. The third-order valence-electron chi connectivity index (χ3n) is 19.9. The number of ether oxygens (including phenoxy) is 4. The highest BCUT2D eigenvalue weighted by Gasteiger charge is 2.30. The van der Waals surface area contributed by atoms with Gasteiger partial charge in [0.05, 0.1) is 26.4 Å². The fourth-order valence-electron chi connectivity index (χ4n) is 12.9. The van der Waals surface area contributed by atoms with Crippen molar-refractivity contribution in [2.45, 2.75) is 464 Å². The van der Waals surface area contributed by atoms with E-state index in [1.807, 2.05) is 0 Å². The van der Waals surface area contributed by atoms with E-state index >= 15 is 0 Å². The van der Waals surface area contributed by atoms with Crippen molar-refractivity contribution in [2.24, 2.45) is 5.92 Å². The van der Waals surface area contributed by atoms with Gasteiger partial charge >= 0.3 is 39.5 Å². The number of carbonyl (C=O) groups is 4. The molecule has 3 N–H and O–H groups in total. The maximum absolute atomic E-state index is 13.1. The van der Waals surface area contributed by atoms with E-state index in [2.05, 4.69) is 34.6 Å². The Morgan fingerprint density at radius 2 is 0.471 bits per heavy atom. The first-order chi connectivity index (χ1) is 49.6. The van der Waals surface area contributed by atoms with Crippen LogP contribution in [0, 0.1) is 5.92 Å². The van der Waals surface area contributed by atoms with Crippen molar-refractivity contribution in [1.29, 1.82) is 0 Å². The Morgan fingerprint density at radius 1 is 0.275 bits per heavy atom. The molecule has 6 atom stereocenters. The van der Waals surface area contributed by atoms with Crippen LogP contribution in [-0.2, 0) is 65.4 Å². The number of rotatable bonds is 83. The number of phosphoric ester groups is 2. The van der Waals surface area contributed by atoms with Crippen molar-refractivity contribution in [3.63, 3.8) is 0 Å². The zero-order valence-corrected chi connectivity index (χ0v) is 68.5. The normalized spacial score (nSPS) is 14.1. The third kappa shape index (κ3) is 74.9. The number of aliphatic hydroxyl groups excluding tert-OH is 1. The summed E-state index contributed by atoms with van der Waals surface area (Å²) in [5.41, 5.74) is 0. The summed E-state index contributed by atoms with van der Waals surface area (Å²) in [5.74, 6) is -1.30. The van der Waals surface area contributed by atoms with Gasteiger partial charge in [0.15, 0.2) is 12.2 Å². The zero-order valence-electron chi connectivity index (χ0n) is 66.8. The second-order valence-corrected chi connectivity index (χ2v) is 33.0. The number of aliphatic hydroxyl groups is 1. The van der Waals surface area contributed by atoms with E-state index in [0.717, 1.165) is 95.8 Å². The molecular formula is C83H162O17P2. The number of hydrogen-bond donors (Lipinski definition) is 3. The molecular weight excluding hydrogens is 1330 g/mol. The van der Waals surface area contributed by atoms with Gasteiger partial charge in [-0.25, -0.2) is 9.13 Å². The van der Waals surface area contributed by atoms with E-state index in [1.165, 1.54) is 270 Å². The molecule has 17 nitrogen and oxygen atoms in total. The topological polar surface area (TPSA) is 237 Å². The number of phosphoric acid groups is 2. The van der Waals surface area contributed by atoms with E-state index in [9.17, 15) is 43.2 Å². The van der Waals surface area contributed by atoms with Gasteiger partial charge in [-0.05, 0) is 31.6 Å². The van der Waals surface area contributed by atoms with Gasteiger partial charge < -0.3 is 33.8 Å². The third-order valence-corrected chi connectivity index (χ3v) is 21.8. The van der Waals surface area contributed by atoms with Crippen molar-refractivity contribution in [2.75, 3.05) is 39.6 Å². The van der Waals surface area contributed by atoms with Crippen LogP contribution < -0.4 is 0 Å². The quantitative estimate of drug-likeness (QED) is 0.0222. The summed E-state index contributed by atoms with van der Waals surface area (Å²) in [5, 5.41) is 10.7. The van der Waals surface area contributed by atoms with Crippen molar-refractivity contribution in [3.8, 4) is 0 Å². The van der Waals surface area contributed by atoms with Crippen LogP contribution >= 0.6 is 15.6 Å². The summed E-state index contributed by atoms with van der Waals surface area (Å²) < 4.78 is 68.8. The molecule has 0 bridgehead atoms. The molecule has 0 aliphatic carbocycles. The average Bonchev–Trinajstić information content (AvgIpc) is 0.918. The first-order valence-corrected chi connectivity index (χ1v) is 46.2. The lowest BCUT2D eigenvalue weighted by molar-refractivity contribution is -0.161. The molecule has 0 amide bonds. The Hall–Kier alpha value is -1.94. The lowest BCUT2D eigenvalue weighted by atomic mass is 9.99. The maximum Gasteiger partial charge on any atom is 0.472 e. The van der Waals surface area contributed by atoms with Gasteiger partial charge in [-0.3, -0.25) is 37.3 Å². The van der Waals surface area contributed by atoms with E-state index in [0.29, 0.717) is 25.7 Å². The minimum Gasteiger partial charge on any atom is -0.462 e. The van der Waals surface area contributed by atoms with Gasteiger partial charge in [-0.15, -0.1) is 0 Å². The molecule has 0 aliphatic rings.